The Bertz CT molecular complexity index is 650. The Morgan fingerprint density at radius 2 is 1.95 bits per heavy atom. The maximum atomic E-state index is 13.8. The van der Waals surface area contributed by atoms with Crippen LogP contribution in [0.4, 0.5) is 20.4 Å². The molecule has 0 radical (unpaired) electrons. The number of hydrogen-bond acceptors (Lipinski definition) is 4. The van der Waals surface area contributed by atoms with Crippen LogP contribution in [0.3, 0.4) is 0 Å². The molecule has 7 heteroatoms. The van der Waals surface area contributed by atoms with Gasteiger partial charge in [-0.05, 0) is 12.1 Å². The third-order valence-electron chi connectivity index (χ3n) is 3.14. The number of aromatic nitrogens is 2. The van der Waals surface area contributed by atoms with Crippen LogP contribution in [0.2, 0.25) is 5.02 Å². The molecule has 0 aliphatic carbocycles. The molecule has 1 aliphatic rings. The number of fused-ring (bicyclic) bond motifs is 1. The van der Waals surface area contributed by atoms with Gasteiger partial charge in [-0.1, -0.05) is 11.6 Å². The lowest BCUT2D eigenvalue weighted by Crippen LogP contribution is -2.35. The molecular formula is C13H11ClF2N4. The molecule has 2 aromatic rings. The zero-order valence-corrected chi connectivity index (χ0v) is 11.2. The smallest absolute Gasteiger partial charge is 0.172 e. The minimum absolute atomic E-state index is 0.130. The van der Waals surface area contributed by atoms with Gasteiger partial charge in [-0.25, -0.2) is 18.7 Å². The summed E-state index contributed by atoms with van der Waals surface area (Å²) in [5.74, 6) is 0.0862. The van der Waals surface area contributed by atoms with E-state index < -0.39 is 11.6 Å². The molecule has 4 nitrogen and oxygen atoms in total. The third-order valence-corrected chi connectivity index (χ3v) is 3.55. The minimum Gasteiger partial charge on any atom is -0.365 e. The average Bonchev–Trinajstić information content (AvgIpc) is 2.48. The van der Waals surface area contributed by atoms with E-state index in [0.29, 0.717) is 24.7 Å². The summed E-state index contributed by atoms with van der Waals surface area (Å²) in [5.41, 5.74) is 0.130. The predicted molar refractivity (Wildman–Crippen MR) is 72.9 cm³/mol. The lowest BCUT2D eigenvalue weighted by atomic mass is 10.1. The molecule has 0 fully saturated rings. The second-order valence-electron chi connectivity index (χ2n) is 4.40. The van der Waals surface area contributed by atoms with Gasteiger partial charge in [0.05, 0.1) is 5.02 Å². The van der Waals surface area contributed by atoms with E-state index in [0.717, 1.165) is 12.1 Å². The summed E-state index contributed by atoms with van der Waals surface area (Å²) in [5, 5.41) is 2.92. The van der Waals surface area contributed by atoms with Crippen LogP contribution >= 0.6 is 11.6 Å². The normalized spacial score (nSPS) is 13.8. The summed E-state index contributed by atoms with van der Waals surface area (Å²) in [7, 11) is 0. The quantitative estimate of drug-likeness (QED) is 0.865. The molecule has 0 unspecified atom stereocenters. The first-order valence-corrected chi connectivity index (χ1v) is 6.47. The van der Waals surface area contributed by atoms with Crippen LogP contribution < -0.4 is 10.2 Å². The van der Waals surface area contributed by atoms with Crippen molar-refractivity contribution in [3.8, 4) is 0 Å². The van der Waals surface area contributed by atoms with Gasteiger partial charge in [-0.15, -0.1) is 0 Å². The van der Waals surface area contributed by atoms with Crippen LogP contribution in [0, 0.1) is 11.6 Å². The second-order valence-corrected chi connectivity index (χ2v) is 4.78. The maximum Gasteiger partial charge on any atom is 0.172 e. The summed E-state index contributed by atoms with van der Waals surface area (Å²) >= 11 is 5.85. The largest absolute Gasteiger partial charge is 0.365 e. The molecule has 1 aromatic heterocycles. The highest BCUT2D eigenvalue weighted by molar-refractivity contribution is 6.31. The molecule has 0 atom stereocenters. The van der Waals surface area contributed by atoms with Crippen LogP contribution in [-0.4, -0.2) is 23.1 Å². The van der Waals surface area contributed by atoms with Crippen LogP contribution in [-0.2, 0) is 6.54 Å². The van der Waals surface area contributed by atoms with Crippen molar-refractivity contribution in [2.75, 3.05) is 23.3 Å². The molecule has 1 aliphatic heterocycles. The van der Waals surface area contributed by atoms with E-state index in [1.807, 2.05) is 4.90 Å². The standard InChI is InChI=1S/C13H11ClF2N4/c14-11-8(9(15)1-2-10(11)16)7-20-6-5-18-12-13(20)19-4-3-17-12/h1-4H,5-7H2,(H,17,18). The van der Waals surface area contributed by atoms with Crippen LogP contribution in [0.1, 0.15) is 5.56 Å². The van der Waals surface area contributed by atoms with Gasteiger partial charge in [-0.2, -0.15) is 0 Å². The number of anilines is 2. The van der Waals surface area contributed by atoms with Gasteiger partial charge in [0, 0.05) is 37.6 Å². The summed E-state index contributed by atoms with van der Waals surface area (Å²) < 4.78 is 27.3. The predicted octanol–water partition coefficient (Wildman–Crippen LogP) is 2.84. The lowest BCUT2D eigenvalue weighted by molar-refractivity contribution is 0.580. The number of hydrogen-bond donors (Lipinski definition) is 1. The van der Waals surface area contributed by atoms with Crippen LogP contribution in [0.25, 0.3) is 0 Å². The fourth-order valence-corrected chi connectivity index (χ4v) is 2.37. The summed E-state index contributed by atoms with van der Waals surface area (Å²) in [6, 6.07) is 2.10. The number of benzene rings is 1. The zero-order chi connectivity index (χ0) is 14.1. The minimum atomic E-state index is -0.627. The molecule has 2 heterocycles. The summed E-state index contributed by atoms with van der Waals surface area (Å²) in [4.78, 5) is 10.2. The molecule has 104 valence electrons. The fourth-order valence-electron chi connectivity index (χ4n) is 2.16. The Morgan fingerprint density at radius 3 is 2.80 bits per heavy atom. The monoisotopic (exact) mass is 296 g/mol. The average molecular weight is 297 g/mol. The van der Waals surface area contributed by atoms with Crippen LogP contribution in [0.5, 0.6) is 0 Å². The van der Waals surface area contributed by atoms with E-state index >= 15 is 0 Å². The van der Waals surface area contributed by atoms with Crippen molar-refractivity contribution in [1.29, 1.82) is 0 Å². The molecular weight excluding hydrogens is 286 g/mol. The molecule has 1 N–H and O–H groups in total. The molecule has 0 saturated carbocycles. The Hall–Kier alpha value is -1.95. The van der Waals surface area contributed by atoms with E-state index in [1.54, 1.807) is 12.4 Å². The van der Waals surface area contributed by atoms with Crippen molar-refractivity contribution in [2.45, 2.75) is 6.54 Å². The van der Waals surface area contributed by atoms with Crippen LogP contribution in [0.15, 0.2) is 24.5 Å². The van der Waals surface area contributed by atoms with Crippen molar-refractivity contribution in [3.05, 3.63) is 46.7 Å². The maximum absolute atomic E-state index is 13.8. The van der Waals surface area contributed by atoms with Gasteiger partial charge in [-0.3, -0.25) is 0 Å². The number of nitrogens with zero attached hydrogens (tertiary/aromatic N) is 3. The number of nitrogens with one attached hydrogen (secondary N) is 1. The highest BCUT2D eigenvalue weighted by Gasteiger charge is 2.22. The van der Waals surface area contributed by atoms with Gasteiger partial charge in [0.15, 0.2) is 11.6 Å². The van der Waals surface area contributed by atoms with Crippen molar-refractivity contribution < 1.29 is 8.78 Å². The SMILES string of the molecule is Fc1ccc(F)c(CN2CCNc3nccnc32)c1Cl. The first-order valence-electron chi connectivity index (χ1n) is 6.09. The zero-order valence-electron chi connectivity index (χ0n) is 10.4. The Morgan fingerprint density at radius 1 is 1.20 bits per heavy atom. The highest BCUT2D eigenvalue weighted by Crippen LogP contribution is 2.29. The second kappa shape index (κ2) is 5.20. The molecule has 1 aromatic carbocycles. The van der Waals surface area contributed by atoms with Gasteiger partial charge in [0.25, 0.3) is 0 Å². The Kier molecular flexibility index (Phi) is 3.40. The molecule has 0 saturated heterocycles. The Balaban J connectivity index is 1.96. The topological polar surface area (TPSA) is 41.0 Å². The van der Waals surface area contributed by atoms with Crippen molar-refractivity contribution in [2.24, 2.45) is 0 Å². The van der Waals surface area contributed by atoms with Gasteiger partial charge < -0.3 is 10.2 Å². The first kappa shape index (κ1) is 13.1. The van der Waals surface area contributed by atoms with E-state index in [9.17, 15) is 8.78 Å². The highest BCUT2D eigenvalue weighted by atomic mass is 35.5. The van der Waals surface area contributed by atoms with E-state index in [-0.39, 0.29) is 17.1 Å². The summed E-state index contributed by atoms with van der Waals surface area (Å²) in [6.07, 6.45) is 3.13. The molecule has 20 heavy (non-hydrogen) atoms. The van der Waals surface area contributed by atoms with Gasteiger partial charge in [0.1, 0.15) is 11.6 Å². The van der Waals surface area contributed by atoms with Crippen molar-refractivity contribution in [3.63, 3.8) is 0 Å². The Labute approximate surface area is 119 Å². The molecule has 0 bridgehead atoms. The fraction of sp³-hybridized carbons (Fsp3) is 0.231. The molecule has 0 spiro atoms. The van der Waals surface area contributed by atoms with Crippen molar-refractivity contribution in [1.82, 2.24) is 9.97 Å². The van der Waals surface area contributed by atoms with Gasteiger partial charge in [0.2, 0.25) is 0 Å². The number of halogens is 3. The molecule has 0 amide bonds. The van der Waals surface area contributed by atoms with Crippen molar-refractivity contribution >= 4 is 23.2 Å². The van der Waals surface area contributed by atoms with E-state index in [4.69, 9.17) is 11.6 Å². The number of rotatable bonds is 2. The van der Waals surface area contributed by atoms with E-state index in [2.05, 4.69) is 15.3 Å². The molecule has 3 rings (SSSR count). The third kappa shape index (κ3) is 2.27. The lowest BCUT2D eigenvalue weighted by Gasteiger charge is -2.30. The summed E-state index contributed by atoms with van der Waals surface area (Å²) in [6.45, 7) is 1.41. The van der Waals surface area contributed by atoms with E-state index in [1.165, 1.54) is 0 Å². The van der Waals surface area contributed by atoms with Gasteiger partial charge >= 0.3 is 0 Å². The first-order chi connectivity index (χ1) is 9.66.